The number of aryl methyl sites for hydroxylation is 3. The maximum absolute atomic E-state index is 6.39. The first-order valence-corrected chi connectivity index (χ1v) is 7.18. The molecule has 1 heterocycles. The van der Waals surface area contributed by atoms with Gasteiger partial charge in [-0.3, -0.25) is 0 Å². The highest BCUT2D eigenvalue weighted by Crippen LogP contribution is 2.32. The van der Waals surface area contributed by atoms with Crippen molar-refractivity contribution in [1.29, 1.82) is 0 Å². The van der Waals surface area contributed by atoms with Gasteiger partial charge in [0.1, 0.15) is 0 Å². The first-order chi connectivity index (χ1) is 7.99. The molecule has 0 fully saturated rings. The highest BCUT2D eigenvalue weighted by molar-refractivity contribution is 9.10. The van der Waals surface area contributed by atoms with Crippen molar-refractivity contribution in [3.63, 3.8) is 0 Å². The Kier molecular flexibility index (Phi) is 3.71. The lowest BCUT2D eigenvalue weighted by Gasteiger charge is -2.15. The molecule has 0 bridgehead atoms. The fraction of sp³-hybridized carbons (Fsp3) is 0.286. The van der Waals surface area contributed by atoms with Gasteiger partial charge >= 0.3 is 0 Å². The second kappa shape index (κ2) is 4.92. The maximum atomic E-state index is 6.39. The smallest absolute Gasteiger partial charge is 0.0651 e. The molecule has 2 N–H and O–H groups in total. The van der Waals surface area contributed by atoms with Gasteiger partial charge in [-0.2, -0.15) is 0 Å². The Morgan fingerprint density at radius 1 is 1.12 bits per heavy atom. The van der Waals surface area contributed by atoms with E-state index in [1.807, 2.05) is 0 Å². The quantitative estimate of drug-likeness (QED) is 0.869. The predicted octanol–water partition coefficient (Wildman–Crippen LogP) is 4.48. The van der Waals surface area contributed by atoms with Crippen molar-refractivity contribution in [1.82, 2.24) is 0 Å². The number of halogens is 1. The highest BCUT2D eigenvalue weighted by Gasteiger charge is 2.16. The minimum Gasteiger partial charge on any atom is -0.320 e. The van der Waals surface area contributed by atoms with Crippen molar-refractivity contribution in [2.75, 3.05) is 0 Å². The molecule has 0 amide bonds. The number of nitrogens with two attached hydrogens (primary N) is 1. The van der Waals surface area contributed by atoms with Gasteiger partial charge in [0.2, 0.25) is 0 Å². The van der Waals surface area contributed by atoms with Crippen LogP contribution >= 0.6 is 27.3 Å². The Hall–Kier alpha value is -0.640. The monoisotopic (exact) mass is 309 g/mol. The van der Waals surface area contributed by atoms with Crippen molar-refractivity contribution < 1.29 is 0 Å². The Balaban J connectivity index is 2.46. The molecule has 90 valence electrons. The number of benzene rings is 1. The summed E-state index contributed by atoms with van der Waals surface area (Å²) in [7, 11) is 0. The molecule has 1 aromatic carbocycles. The molecule has 0 aliphatic rings. The van der Waals surface area contributed by atoms with Crippen LogP contribution < -0.4 is 5.73 Å². The molecule has 2 aromatic rings. The summed E-state index contributed by atoms with van der Waals surface area (Å²) in [5.41, 5.74) is 10.1. The van der Waals surface area contributed by atoms with E-state index in [4.69, 9.17) is 5.73 Å². The van der Waals surface area contributed by atoms with E-state index in [1.54, 1.807) is 11.3 Å². The maximum Gasteiger partial charge on any atom is 0.0651 e. The molecule has 0 saturated carbocycles. The molecule has 0 aliphatic carbocycles. The zero-order valence-electron chi connectivity index (χ0n) is 10.3. The van der Waals surface area contributed by atoms with Crippen LogP contribution in [0.5, 0.6) is 0 Å². The summed E-state index contributed by atoms with van der Waals surface area (Å²) in [5.74, 6) is 0. The second-order valence-electron chi connectivity index (χ2n) is 4.38. The first-order valence-electron chi connectivity index (χ1n) is 5.57. The van der Waals surface area contributed by atoms with E-state index in [2.05, 4.69) is 61.0 Å². The van der Waals surface area contributed by atoms with E-state index in [0.29, 0.717) is 0 Å². The van der Waals surface area contributed by atoms with Crippen LogP contribution in [0.15, 0.2) is 28.7 Å². The fourth-order valence-electron chi connectivity index (χ4n) is 2.06. The Morgan fingerprint density at radius 2 is 1.82 bits per heavy atom. The van der Waals surface area contributed by atoms with Crippen molar-refractivity contribution in [2.45, 2.75) is 26.8 Å². The third-order valence-electron chi connectivity index (χ3n) is 2.94. The zero-order chi connectivity index (χ0) is 12.6. The lowest BCUT2D eigenvalue weighted by molar-refractivity contribution is 0.873. The van der Waals surface area contributed by atoms with Gasteiger partial charge < -0.3 is 5.73 Å². The van der Waals surface area contributed by atoms with Crippen molar-refractivity contribution >= 4 is 27.3 Å². The molecule has 1 nitrogen and oxygen atoms in total. The molecule has 17 heavy (non-hydrogen) atoms. The lowest BCUT2D eigenvalue weighted by Crippen LogP contribution is -2.12. The minimum atomic E-state index is -0.0220. The molecule has 0 radical (unpaired) electrons. The van der Waals surface area contributed by atoms with E-state index in [-0.39, 0.29) is 6.04 Å². The van der Waals surface area contributed by atoms with Crippen molar-refractivity contribution in [3.8, 4) is 0 Å². The van der Waals surface area contributed by atoms with Gasteiger partial charge in [-0.1, -0.05) is 22.0 Å². The van der Waals surface area contributed by atoms with Crippen LogP contribution in [0, 0.1) is 20.8 Å². The van der Waals surface area contributed by atoms with E-state index in [1.165, 1.54) is 26.4 Å². The van der Waals surface area contributed by atoms with Gasteiger partial charge in [0.25, 0.3) is 0 Å². The topological polar surface area (TPSA) is 26.0 Å². The van der Waals surface area contributed by atoms with Gasteiger partial charge in [0, 0.05) is 14.2 Å². The molecule has 0 saturated heterocycles. The average molecular weight is 310 g/mol. The molecular formula is C14H16BrNS. The van der Waals surface area contributed by atoms with E-state index in [9.17, 15) is 0 Å². The summed E-state index contributed by atoms with van der Waals surface area (Å²) < 4.78 is 1.08. The zero-order valence-corrected chi connectivity index (χ0v) is 12.7. The molecular weight excluding hydrogens is 294 g/mol. The molecule has 1 atom stereocenters. The largest absolute Gasteiger partial charge is 0.320 e. The molecule has 1 unspecified atom stereocenters. The average Bonchev–Trinajstić information content (AvgIpc) is 2.60. The van der Waals surface area contributed by atoms with Gasteiger partial charge in [-0.05, 0) is 55.7 Å². The van der Waals surface area contributed by atoms with Crippen LogP contribution in [0.2, 0.25) is 0 Å². The van der Waals surface area contributed by atoms with E-state index >= 15 is 0 Å². The fourth-order valence-corrected chi connectivity index (χ4v) is 3.49. The van der Waals surface area contributed by atoms with E-state index < -0.39 is 0 Å². The molecule has 2 rings (SSSR count). The Morgan fingerprint density at radius 3 is 2.41 bits per heavy atom. The third-order valence-corrected chi connectivity index (χ3v) is 4.67. The van der Waals surface area contributed by atoms with E-state index in [0.717, 1.165) is 4.47 Å². The summed E-state index contributed by atoms with van der Waals surface area (Å²) in [6, 6.07) is 8.46. The SMILES string of the molecule is Cc1cc(C)c(C(N)c2cc(Br)ccc2C)s1. The van der Waals surface area contributed by atoms with Crippen LogP contribution in [0.25, 0.3) is 0 Å². The molecule has 0 spiro atoms. The van der Waals surface area contributed by atoms with Crippen LogP contribution in [0.4, 0.5) is 0 Å². The number of rotatable bonds is 2. The number of hydrogen-bond acceptors (Lipinski definition) is 2. The molecule has 3 heteroatoms. The van der Waals surface area contributed by atoms with Crippen LogP contribution in [-0.2, 0) is 0 Å². The summed E-state index contributed by atoms with van der Waals surface area (Å²) in [5, 5.41) is 0. The van der Waals surface area contributed by atoms with Crippen LogP contribution in [0.3, 0.4) is 0 Å². The first kappa shape index (κ1) is 12.8. The van der Waals surface area contributed by atoms with Crippen molar-refractivity contribution in [3.05, 3.63) is 55.2 Å². The van der Waals surface area contributed by atoms with Gasteiger partial charge in [0.15, 0.2) is 0 Å². The third kappa shape index (κ3) is 2.62. The summed E-state index contributed by atoms with van der Waals surface area (Å²) in [6.07, 6.45) is 0. The highest BCUT2D eigenvalue weighted by atomic mass is 79.9. The Bertz CT molecular complexity index is 545. The summed E-state index contributed by atoms with van der Waals surface area (Å²) in [4.78, 5) is 2.59. The van der Waals surface area contributed by atoms with Gasteiger partial charge in [-0.15, -0.1) is 11.3 Å². The molecule has 0 aliphatic heterocycles. The summed E-state index contributed by atoms with van der Waals surface area (Å²) >= 11 is 5.30. The van der Waals surface area contributed by atoms with Crippen molar-refractivity contribution in [2.24, 2.45) is 5.73 Å². The molecule has 1 aromatic heterocycles. The standard InChI is InChI=1S/C14H16BrNS/c1-8-4-5-11(15)7-12(8)13(16)14-9(2)6-10(3)17-14/h4-7,13H,16H2,1-3H3. The normalized spacial score (nSPS) is 12.8. The lowest BCUT2D eigenvalue weighted by atomic mass is 9.99. The van der Waals surface area contributed by atoms with Gasteiger partial charge in [0.05, 0.1) is 6.04 Å². The Labute approximate surface area is 115 Å². The predicted molar refractivity (Wildman–Crippen MR) is 78.7 cm³/mol. The van der Waals surface area contributed by atoms with Crippen LogP contribution in [0.1, 0.15) is 32.5 Å². The van der Waals surface area contributed by atoms with Gasteiger partial charge in [-0.25, -0.2) is 0 Å². The number of thiophene rings is 1. The second-order valence-corrected chi connectivity index (χ2v) is 6.59. The summed E-state index contributed by atoms with van der Waals surface area (Å²) in [6.45, 7) is 6.37. The minimum absolute atomic E-state index is 0.0220. The number of hydrogen-bond donors (Lipinski definition) is 1. The van der Waals surface area contributed by atoms with Crippen LogP contribution in [-0.4, -0.2) is 0 Å².